The average molecular weight is 574 g/mol. The van der Waals surface area contributed by atoms with Gasteiger partial charge in [0, 0.05) is 63.1 Å². The van der Waals surface area contributed by atoms with Crippen molar-refractivity contribution in [1.29, 1.82) is 0 Å². The van der Waals surface area contributed by atoms with E-state index >= 15 is 0 Å². The molecular formula is C33H39N3O6. The van der Waals surface area contributed by atoms with Gasteiger partial charge in [-0.15, -0.1) is 0 Å². The maximum absolute atomic E-state index is 13.0. The average Bonchev–Trinajstić information content (AvgIpc) is 3.49. The number of hydrogen-bond donors (Lipinski definition) is 2. The molecule has 2 aliphatic rings. The van der Waals surface area contributed by atoms with E-state index in [1.165, 1.54) is 11.1 Å². The largest absolute Gasteiger partial charge is 0.390 e. The van der Waals surface area contributed by atoms with Gasteiger partial charge >= 0.3 is 0 Å². The first-order valence-corrected chi connectivity index (χ1v) is 14.4. The van der Waals surface area contributed by atoms with Crippen LogP contribution in [0.5, 0.6) is 0 Å². The number of nitrogens with zero attached hydrogens (tertiary/aromatic N) is 2. The van der Waals surface area contributed by atoms with Gasteiger partial charge in [0.2, 0.25) is 0 Å². The van der Waals surface area contributed by atoms with E-state index in [1.54, 1.807) is 43.4 Å². The van der Waals surface area contributed by atoms with Crippen LogP contribution in [0.25, 0.3) is 0 Å². The lowest BCUT2D eigenvalue weighted by Crippen LogP contribution is -2.57. The zero-order valence-electron chi connectivity index (χ0n) is 24.2. The molecule has 0 spiro atoms. The summed E-state index contributed by atoms with van der Waals surface area (Å²) in [6, 6.07) is 24.6. The van der Waals surface area contributed by atoms with Crippen molar-refractivity contribution in [2.24, 2.45) is 0 Å². The summed E-state index contributed by atoms with van der Waals surface area (Å²) in [6.45, 7) is 2.40. The zero-order chi connectivity index (χ0) is 29.5. The van der Waals surface area contributed by atoms with Crippen LogP contribution in [0, 0.1) is 0 Å². The highest BCUT2D eigenvalue weighted by Crippen LogP contribution is 2.37. The fraction of sp³-hybridized carbons (Fsp3) is 0.394. The Balaban J connectivity index is 1.27. The molecule has 3 aromatic rings. The van der Waals surface area contributed by atoms with Crippen molar-refractivity contribution >= 4 is 11.8 Å². The van der Waals surface area contributed by atoms with Crippen LogP contribution in [-0.4, -0.2) is 92.5 Å². The highest BCUT2D eigenvalue weighted by molar-refractivity contribution is 5.97. The Morgan fingerprint density at radius 1 is 0.929 bits per heavy atom. The number of ether oxygens (including phenoxy) is 3. The van der Waals surface area contributed by atoms with Gasteiger partial charge in [-0.3, -0.25) is 9.59 Å². The van der Waals surface area contributed by atoms with Crippen LogP contribution in [0.2, 0.25) is 0 Å². The Hall–Kier alpha value is -3.60. The van der Waals surface area contributed by atoms with Gasteiger partial charge in [0.05, 0.1) is 19.3 Å². The molecule has 222 valence electrons. The predicted octanol–water partition coefficient (Wildman–Crippen LogP) is 2.82. The van der Waals surface area contributed by atoms with E-state index in [-0.39, 0.29) is 30.9 Å². The number of amides is 2. The summed E-state index contributed by atoms with van der Waals surface area (Å²) < 4.78 is 17.5. The summed E-state index contributed by atoms with van der Waals surface area (Å²) in [5, 5.41) is 14.1. The van der Waals surface area contributed by atoms with Gasteiger partial charge in [0.1, 0.15) is 0 Å². The lowest BCUT2D eigenvalue weighted by atomic mass is 10.0. The van der Waals surface area contributed by atoms with Gasteiger partial charge < -0.3 is 29.5 Å². The van der Waals surface area contributed by atoms with Crippen molar-refractivity contribution in [3.63, 3.8) is 0 Å². The smallest absolute Gasteiger partial charge is 0.258 e. The van der Waals surface area contributed by atoms with Crippen molar-refractivity contribution in [3.05, 3.63) is 107 Å². The number of methoxy groups -OCH3 is 2. The highest BCUT2D eigenvalue weighted by Gasteiger charge is 2.45. The second-order valence-corrected chi connectivity index (χ2v) is 10.7. The Morgan fingerprint density at radius 2 is 1.50 bits per heavy atom. The summed E-state index contributed by atoms with van der Waals surface area (Å²) in [7, 11) is 3.21. The normalized spacial score (nSPS) is 16.3. The third-order valence-electron chi connectivity index (χ3n) is 8.14. The number of nitrogens with one attached hydrogen (secondary N) is 1. The summed E-state index contributed by atoms with van der Waals surface area (Å²) in [4.78, 5) is 29.5. The molecule has 0 radical (unpaired) electrons. The number of morpholine rings is 1. The molecule has 0 saturated carbocycles. The number of aliphatic hydroxyl groups is 1. The topological polar surface area (TPSA) is 101 Å². The molecule has 2 N–H and O–H groups in total. The van der Waals surface area contributed by atoms with Gasteiger partial charge in [0.15, 0.2) is 0 Å². The van der Waals surface area contributed by atoms with E-state index in [1.807, 2.05) is 42.5 Å². The first kappa shape index (κ1) is 29.9. The van der Waals surface area contributed by atoms with Crippen molar-refractivity contribution in [3.8, 4) is 0 Å². The van der Waals surface area contributed by atoms with Crippen molar-refractivity contribution in [2.75, 3.05) is 53.6 Å². The molecule has 0 bridgehead atoms. The third kappa shape index (κ3) is 6.40. The van der Waals surface area contributed by atoms with E-state index in [0.717, 1.165) is 18.4 Å². The SMILES string of the molecule is COC(OC)(c1ccccc1)N(CC(O)CNC(=O)c1ccc(C(=O)N2CCOCC2)cc1)C1Cc2ccccc2C1. The molecule has 1 aliphatic heterocycles. The molecule has 5 rings (SSSR count). The number of fused-ring (bicyclic) bond motifs is 1. The van der Waals surface area contributed by atoms with E-state index in [2.05, 4.69) is 22.3 Å². The molecule has 2 amide bonds. The lowest BCUT2D eigenvalue weighted by Gasteiger charge is -2.45. The highest BCUT2D eigenvalue weighted by atomic mass is 16.7. The molecule has 3 aromatic carbocycles. The maximum atomic E-state index is 13.0. The standard InChI is InChI=1S/C33H39N3O6/c1-40-33(41-2,28-10-4-3-5-11-28)36(29-20-26-8-6-7-9-27(26)21-29)23-30(37)22-34-31(38)24-12-14-25(15-13-24)32(39)35-16-18-42-19-17-35/h3-15,29-30,37H,16-23H2,1-2H3,(H,34,38). The fourth-order valence-corrected chi connectivity index (χ4v) is 5.95. The van der Waals surface area contributed by atoms with E-state index < -0.39 is 12.0 Å². The van der Waals surface area contributed by atoms with Crippen LogP contribution in [-0.2, 0) is 33.0 Å². The number of carbonyl (C=O) groups excluding carboxylic acids is 2. The molecular weight excluding hydrogens is 534 g/mol. The minimum absolute atomic E-state index is 0.00408. The molecule has 1 unspecified atom stereocenters. The quantitative estimate of drug-likeness (QED) is 0.341. The van der Waals surface area contributed by atoms with Gasteiger partial charge in [-0.1, -0.05) is 54.6 Å². The molecule has 9 heteroatoms. The zero-order valence-corrected chi connectivity index (χ0v) is 24.2. The summed E-state index contributed by atoms with van der Waals surface area (Å²) in [5.41, 5.74) is 4.28. The van der Waals surface area contributed by atoms with Crippen LogP contribution in [0.4, 0.5) is 0 Å². The molecule has 0 aromatic heterocycles. The van der Waals surface area contributed by atoms with E-state index in [9.17, 15) is 14.7 Å². The predicted molar refractivity (Wildman–Crippen MR) is 158 cm³/mol. The first-order chi connectivity index (χ1) is 20.4. The van der Waals surface area contributed by atoms with Crippen molar-refractivity contribution in [1.82, 2.24) is 15.1 Å². The number of rotatable bonds is 11. The number of hydrogen-bond acceptors (Lipinski definition) is 7. The second kappa shape index (κ2) is 13.6. The molecule has 9 nitrogen and oxygen atoms in total. The molecule has 1 fully saturated rings. The van der Waals surface area contributed by atoms with Gasteiger partial charge in [-0.25, -0.2) is 4.90 Å². The Bertz CT molecular complexity index is 1310. The van der Waals surface area contributed by atoms with Gasteiger partial charge in [-0.2, -0.15) is 0 Å². The van der Waals surface area contributed by atoms with Crippen LogP contribution < -0.4 is 5.32 Å². The molecule has 1 heterocycles. The Labute approximate surface area is 247 Å². The summed E-state index contributed by atoms with van der Waals surface area (Å²) >= 11 is 0. The van der Waals surface area contributed by atoms with E-state index in [4.69, 9.17) is 14.2 Å². The van der Waals surface area contributed by atoms with E-state index in [0.29, 0.717) is 37.4 Å². The molecule has 1 saturated heterocycles. The number of benzene rings is 3. The van der Waals surface area contributed by atoms with Crippen LogP contribution >= 0.6 is 0 Å². The summed E-state index contributed by atoms with van der Waals surface area (Å²) in [6.07, 6.45) is 0.659. The second-order valence-electron chi connectivity index (χ2n) is 10.7. The Kier molecular flexibility index (Phi) is 9.66. The van der Waals surface area contributed by atoms with Crippen molar-refractivity contribution < 1.29 is 28.9 Å². The Morgan fingerprint density at radius 3 is 2.10 bits per heavy atom. The third-order valence-corrected chi connectivity index (χ3v) is 8.14. The van der Waals surface area contributed by atoms with Gasteiger partial charge in [-0.05, 0) is 48.2 Å². The maximum Gasteiger partial charge on any atom is 0.258 e. The molecule has 1 atom stereocenters. The number of carbonyl (C=O) groups is 2. The molecule has 1 aliphatic carbocycles. The van der Waals surface area contributed by atoms with Crippen molar-refractivity contribution in [2.45, 2.75) is 30.9 Å². The van der Waals surface area contributed by atoms with Gasteiger partial charge in [0.25, 0.3) is 17.7 Å². The fourth-order valence-electron chi connectivity index (χ4n) is 5.95. The summed E-state index contributed by atoms with van der Waals surface area (Å²) in [5.74, 6) is -1.64. The number of aliphatic hydroxyl groups excluding tert-OH is 1. The minimum atomic E-state index is -1.23. The minimum Gasteiger partial charge on any atom is -0.390 e. The van der Waals surface area contributed by atoms with Crippen LogP contribution in [0.1, 0.15) is 37.4 Å². The first-order valence-electron chi connectivity index (χ1n) is 14.4. The lowest BCUT2D eigenvalue weighted by molar-refractivity contribution is -0.319. The monoisotopic (exact) mass is 573 g/mol. The van der Waals surface area contributed by atoms with Crippen LogP contribution in [0.3, 0.4) is 0 Å². The van der Waals surface area contributed by atoms with Crippen LogP contribution in [0.15, 0.2) is 78.9 Å². The molecule has 42 heavy (non-hydrogen) atoms.